The fraction of sp³-hybridized carbons (Fsp3) is 0.500. The minimum Gasteiger partial charge on any atom is -0.531 e. The van der Waals surface area contributed by atoms with Gasteiger partial charge < -0.3 is 9.68 Å². The molecule has 6 nitrogen and oxygen atoms in total. The molecule has 2 N–H and O–H groups in total. The Hall–Kier alpha value is -1.64. The highest BCUT2D eigenvalue weighted by atomic mass is 32.2. The van der Waals surface area contributed by atoms with Crippen molar-refractivity contribution in [3.63, 3.8) is 0 Å². The average molecular weight is 374 g/mol. The van der Waals surface area contributed by atoms with Gasteiger partial charge in [-0.15, -0.1) is 0 Å². The summed E-state index contributed by atoms with van der Waals surface area (Å²) >= 11 is 0. The first-order valence-corrected chi connectivity index (χ1v) is 10.8. The lowest BCUT2D eigenvalue weighted by atomic mass is 9.64. The van der Waals surface area contributed by atoms with E-state index < -0.39 is 17.1 Å². The van der Waals surface area contributed by atoms with Crippen LogP contribution in [-0.4, -0.2) is 37.3 Å². The van der Waals surface area contributed by atoms with Crippen LogP contribution < -0.4 is 9.38 Å². The van der Waals surface area contributed by atoms with E-state index in [2.05, 4.69) is 21.9 Å². The van der Waals surface area contributed by atoms with Gasteiger partial charge in [-0.05, 0) is 43.1 Å². The molecule has 4 rings (SSSR count). The van der Waals surface area contributed by atoms with Crippen molar-refractivity contribution >= 4 is 28.8 Å². The Morgan fingerprint density at radius 3 is 2.92 bits per heavy atom. The number of hydrogen-bond acceptors (Lipinski definition) is 5. The second-order valence-electron chi connectivity index (χ2n) is 7.33. The monoisotopic (exact) mass is 374 g/mol. The summed E-state index contributed by atoms with van der Waals surface area (Å²) in [5.74, 6) is 0.982. The Morgan fingerprint density at radius 1 is 1.42 bits per heavy atom. The molecule has 2 heterocycles. The van der Waals surface area contributed by atoms with Crippen molar-refractivity contribution in [2.24, 2.45) is 5.92 Å². The van der Waals surface area contributed by atoms with Crippen molar-refractivity contribution in [1.82, 2.24) is 9.71 Å². The van der Waals surface area contributed by atoms with Crippen LogP contribution in [0.4, 0.5) is 0 Å². The van der Waals surface area contributed by atoms with Crippen molar-refractivity contribution in [1.29, 1.82) is 0 Å². The maximum absolute atomic E-state index is 12.0. The molecule has 0 spiro atoms. The zero-order valence-electron chi connectivity index (χ0n) is 15.0. The number of fused-ring (bicyclic) bond motifs is 3. The standard InChI is InChI=1S/C18H23BN2O4S/c1-3-7-26(23,24)21-13-8-12(9-13)17-11(2)19(22)25-16-10-20-15-6-4-5-14(15)18(16)17/h4-5,10,12-13,21-22H,3,6-9H2,1-2H3. The maximum atomic E-state index is 12.0. The Bertz CT molecular complexity index is 904. The molecule has 0 unspecified atom stereocenters. The third-order valence-electron chi connectivity index (χ3n) is 5.43. The Kier molecular flexibility index (Phi) is 4.45. The molecule has 0 saturated heterocycles. The molecule has 0 amide bonds. The highest BCUT2D eigenvalue weighted by Crippen LogP contribution is 2.48. The van der Waals surface area contributed by atoms with Gasteiger partial charge in [0.15, 0.2) is 0 Å². The Labute approximate surface area is 154 Å². The number of sulfonamides is 1. The Balaban J connectivity index is 1.61. The average Bonchev–Trinajstić information content (AvgIpc) is 3.01. The van der Waals surface area contributed by atoms with Gasteiger partial charge in [-0.2, -0.15) is 0 Å². The smallest absolute Gasteiger partial charge is 0.531 e. The molecule has 1 aromatic rings. The highest BCUT2D eigenvalue weighted by molar-refractivity contribution is 7.89. The highest BCUT2D eigenvalue weighted by Gasteiger charge is 2.41. The quantitative estimate of drug-likeness (QED) is 0.769. The molecule has 0 bridgehead atoms. The number of hydrogen-bond donors (Lipinski definition) is 2. The number of rotatable bonds is 5. The summed E-state index contributed by atoms with van der Waals surface area (Å²) in [6.07, 6.45) is 8.73. The fourth-order valence-electron chi connectivity index (χ4n) is 4.14. The summed E-state index contributed by atoms with van der Waals surface area (Å²) < 4.78 is 32.4. The number of allylic oxidation sites excluding steroid dienone is 3. The molecular weight excluding hydrogens is 351 g/mol. The number of pyridine rings is 1. The van der Waals surface area contributed by atoms with Gasteiger partial charge in [0.1, 0.15) is 5.75 Å². The molecule has 1 saturated carbocycles. The van der Waals surface area contributed by atoms with Gasteiger partial charge in [0.05, 0.1) is 17.6 Å². The second-order valence-corrected chi connectivity index (χ2v) is 9.21. The van der Waals surface area contributed by atoms with Crippen LogP contribution in [0.2, 0.25) is 0 Å². The lowest BCUT2D eigenvalue weighted by Gasteiger charge is -2.40. The normalized spacial score (nSPS) is 24.2. The molecule has 138 valence electrons. The first-order valence-electron chi connectivity index (χ1n) is 9.13. The molecule has 0 radical (unpaired) electrons. The number of nitrogens with one attached hydrogen (secondary N) is 1. The maximum Gasteiger partial charge on any atom is 0.555 e. The van der Waals surface area contributed by atoms with Gasteiger partial charge in [-0.3, -0.25) is 4.98 Å². The minimum atomic E-state index is -3.20. The molecular formula is C18H23BN2O4S. The number of nitrogens with zero attached hydrogens (tertiary/aromatic N) is 1. The lowest BCUT2D eigenvalue weighted by molar-refractivity contribution is 0.307. The minimum absolute atomic E-state index is 0.0364. The van der Waals surface area contributed by atoms with E-state index in [1.807, 2.05) is 13.8 Å². The molecule has 1 aliphatic heterocycles. The van der Waals surface area contributed by atoms with E-state index in [0.29, 0.717) is 12.2 Å². The summed E-state index contributed by atoms with van der Waals surface area (Å²) in [6.45, 7) is 3.75. The van der Waals surface area contributed by atoms with E-state index in [-0.39, 0.29) is 17.7 Å². The van der Waals surface area contributed by atoms with Crippen LogP contribution in [0.3, 0.4) is 0 Å². The van der Waals surface area contributed by atoms with E-state index in [9.17, 15) is 13.4 Å². The van der Waals surface area contributed by atoms with Crippen molar-refractivity contribution in [3.05, 3.63) is 34.6 Å². The first-order chi connectivity index (χ1) is 12.4. The predicted molar refractivity (Wildman–Crippen MR) is 102 cm³/mol. The van der Waals surface area contributed by atoms with Gasteiger partial charge in [0.2, 0.25) is 10.0 Å². The molecule has 26 heavy (non-hydrogen) atoms. The Morgan fingerprint density at radius 2 is 2.19 bits per heavy atom. The molecule has 0 atom stereocenters. The van der Waals surface area contributed by atoms with Crippen molar-refractivity contribution in [2.75, 3.05) is 5.75 Å². The molecule has 3 aliphatic rings. The lowest BCUT2D eigenvalue weighted by Crippen LogP contribution is -2.46. The van der Waals surface area contributed by atoms with Crippen molar-refractivity contribution < 1.29 is 18.1 Å². The van der Waals surface area contributed by atoms with E-state index in [4.69, 9.17) is 4.65 Å². The SMILES string of the molecule is CCCS(=O)(=O)NC1CC(C2=C(C)B(O)Oc3cnc4c(c32)C=CC4)C1. The van der Waals surface area contributed by atoms with Crippen LogP contribution in [-0.2, 0) is 16.4 Å². The summed E-state index contributed by atoms with van der Waals surface area (Å²) in [4.78, 5) is 4.44. The third-order valence-corrected chi connectivity index (χ3v) is 7.07. The second kappa shape index (κ2) is 6.51. The van der Waals surface area contributed by atoms with Crippen LogP contribution in [0.15, 0.2) is 17.7 Å². The number of aromatic nitrogens is 1. The van der Waals surface area contributed by atoms with Gasteiger partial charge in [-0.1, -0.05) is 19.1 Å². The molecule has 1 aromatic heterocycles. The van der Waals surface area contributed by atoms with E-state index in [1.165, 1.54) is 0 Å². The zero-order chi connectivity index (χ0) is 18.5. The van der Waals surface area contributed by atoms with Crippen molar-refractivity contribution in [3.8, 4) is 5.75 Å². The van der Waals surface area contributed by atoms with Crippen LogP contribution in [0, 0.1) is 5.92 Å². The molecule has 1 fully saturated rings. The summed E-state index contributed by atoms with van der Waals surface area (Å²) in [5, 5.41) is 10.3. The van der Waals surface area contributed by atoms with Gasteiger partial charge >= 0.3 is 7.12 Å². The van der Waals surface area contributed by atoms with Crippen molar-refractivity contribution in [2.45, 2.75) is 45.6 Å². The zero-order valence-corrected chi connectivity index (χ0v) is 15.8. The van der Waals surface area contributed by atoms with Crippen LogP contribution in [0.25, 0.3) is 11.6 Å². The van der Waals surface area contributed by atoms with Crippen LogP contribution in [0.1, 0.15) is 49.9 Å². The van der Waals surface area contributed by atoms with Crippen LogP contribution in [0.5, 0.6) is 5.75 Å². The molecule has 8 heteroatoms. The van der Waals surface area contributed by atoms with E-state index in [0.717, 1.165) is 47.1 Å². The first kappa shape index (κ1) is 17.8. The van der Waals surface area contributed by atoms with E-state index in [1.54, 1.807) is 6.20 Å². The molecule has 2 aliphatic carbocycles. The van der Waals surface area contributed by atoms with E-state index >= 15 is 0 Å². The van der Waals surface area contributed by atoms with Crippen LogP contribution >= 0.6 is 0 Å². The van der Waals surface area contributed by atoms with Gasteiger partial charge in [0.25, 0.3) is 0 Å². The summed E-state index contributed by atoms with van der Waals surface area (Å²) in [6, 6.07) is -0.0364. The van der Waals surface area contributed by atoms with Gasteiger partial charge in [0, 0.05) is 23.6 Å². The van der Waals surface area contributed by atoms with Gasteiger partial charge in [-0.25, -0.2) is 13.1 Å². The third kappa shape index (κ3) is 3.00. The topological polar surface area (TPSA) is 88.5 Å². The predicted octanol–water partition coefficient (Wildman–Crippen LogP) is 1.94. The largest absolute Gasteiger partial charge is 0.555 e. The summed E-state index contributed by atoms with van der Waals surface area (Å²) in [7, 11) is -4.18. The summed E-state index contributed by atoms with van der Waals surface area (Å²) in [5.41, 5.74) is 5.01. The molecule has 0 aromatic carbocycles. The fourth-order valence-corrected chi connectivity index (χ4v) is 5.50.